The molecule has 0 radical (unpaired) electrons. The molecule has 0 unspecified atom stereocenters. The average Bonchev–Trinajstić information content (AvgIpc) is 2.44. The lowest BCUT2D eigenvalue weighted by Gasteiger charge is -2.39. The van der Waals surface area contributed by atoms with E-state index in [-0.39, 0.29) is 17.2 Å². The van der Waals surface area contributed by atoms with Crippen molar-refractivity contribution in [3.8, 4) is 0 Å². The van der Waals surface area contributed by atoms with Gasteiger partial charge >= 0.3 is 12.1 Å². The second kappa shape index (κ2) is 8.04. The Morgan fingerprint density at radius 1 is 1.17 bits per heavy atom. The summed E-state index contributed by atoms with van der Waals surface area (Å²) in [7, 11) is 0. The van der Waals surface area contributed by atoms with Gasteiger partial charge in [-0.1, -0.05) is 11.8 Å². The molecule has 132 valence electrons. The molecule has 0 bridgehead atoms. The average molecular weight is 345 g/mol. The van der Waals surface area contributed by atoms with Crippen molar-refractivity contribution in [2.75, 3.05) is 25.4 Å². The van der Waals surface area contributed by atoms with Gasteiger partial charge in [0, 0.05) is 25.8 Å². The first-order valence-corrected chi connectivity index (χ1v) is 8.87. The summed E-state index contributed by atoms with van der Waals surface area (Å²) >= 11 is 1.14. The fraction of sp³-hybridized carbons (Fsp3) is 0.812. The number of rotatable bonds is 4. The molecule has 0 aromatic heterocycles. The molecule has 1 rings (SSSR count). The van der Waals surface area contributed by atoms with Crippen LogP contribution in [0.25, 0.3) is 0 Å². The van der Waals surface area contributed by atoms with Gasteiger partial charge in [0.05, 0.1) is 12.0 Å². The molecule has 0 aromatic carbocycles. The zero-order chi connectivity index (χ0) is 17.7. The molecule has 0 aliphatic carbocycles. The van der Waals surface area contributed by atoms with Crippen LogP contribution in [-0.4, -0.2) is 53.1 Å². The minimum atomic E-state index is -0.704. The van der Waals surface area contributed by atoms with Gasteiger partial charge in [-0.2, -0.15) is 0 Å². The van der Waals surface area contributed by atoms with Crippen molar-refractivity contribution >= 4 is 28.9 Å². The number of carbonyl (C=O) groups is 3. The van der Waals surface area contributed by atoms with Gasteiger partial charge < -0.3 is 14.4 Å². The summed E-state index contributed by atoms with van der Waals surface area (Å²) in [5.74, 6) is 0.112. The smallest absolute Gasteiger partial charge is 0.410 e. The van der Waals surface area contributed by atoms with E-state index >= 15 is 0 Å². The molecule has 23 heavy (non-hydrogen) atoms. The van der Waals surface area contributed by atoms with Crippen LogP contribution in [0.15, 0.2) is 0 Å². The van der Waals surface area contributed by atoms with Gasteiger partial charge in [-0.15, -0.1) is 0 Å². The number of hydrogen-bond acceptors (Lipinski definition) is 6. The van der Waals surface area contributed by atoms with Gasteiger partial charge in [-0.05, 0) is 40.5 Å². The van der Waals surface area contributed by atoms with Crippen molar-refractivity contribution < 1.29 is 23.9 Å². The van der Waals surface area contributed by atoms with Crippen LogP contribution in [-0.2, 0) is 19.1 Å². The van der Waals surface area contributed by atoms with E-state index < -0.39 is 11.0 Å². The first-order chi connectivity index (χ1) is 10.6. The number of nitrogens with zero attached hydrogens (tertiary/aromatic N) is 1. The fourth-order valence-electron chi connectivity index (χ4n) is 2.38. The second-order valence-electron chi connectivity index (χ2n) is 6.75. The lowest BCUT2D eigenvalue weighted by Crippen LogP contribution is -2.49. The fourth-order valence-corrected chi connectivity index (χ4v) is 3.26. The Bertz CT molecular complexity index is 450. The third kappa shape index (κ3) is 6.05. The Kier molecular flexibility index (Phi) is 6.92. The number of amides is 1. The summed E-state index contributed by atoms with van der Waals surface area (Å²) in [6.45, 7) is 9.86. The standard InChI is InChI=1S/C16H27NO5S/c1-6-21-13(19)16(11-23-12(2)18)7-9-17(10-8-16)14(20)22-15(3,4)5/h6-11H2,1-5H3. The molecule has 1 amide bonds. The zero-order valence-electron chi connectivity index (χ0n) is 14.6. The van der Waals surface area contributed by atoms with Crippen molar-refractivity contribution in [2.45, 2.75) is 53.1 Å². The quantitative estimate of drug-likeness (QED) is 0.730. The van der Waals surface area contributed by atoms with Gasteiger partial charge in [-0.3, -0.25) is 9.59 Å². The highest BCUT2D eigenvalue weighted by atomic mass is 32.2. The molecular weight excluding hydrogens is 318 g/mol. The van der Waals surface area contributed by atoms with Crippen LogP contribution in [0.5, 0.6) is 0 Å². The monoisotopic (exact) mass is 345 g/mol. The lowest BCUT2D eigenvalue weighted by molar-refractivity contribution is -0.156. The Labute approximate surface area is 142 Å². The molecule has 1 aliphatic rings. The van der Waals surface area contributed by atoms with Gasteiger partial charge in [0.2, 0.25) is 0 Å². The largest absolute Gasteiger partial charge is 0.466 e. The van der Waals surface area contributed by atoms with Gasteiger partial charge in [0.25, 0.3) is 0 Å². The molecule has 1 heterocycles. The Morgan fingerprint density at radius 2 is 1.74 bits per heavy atom. The summed E-state index contributed by atoms with van der Waals surface area (Å²) in [4.78, 5) is 37.3. The van der Waals surface area contributed by atoms with Crippen LogP contribution in [0.1, 0.15) is 47.5 Å². The van der Waals surface area contributed by atoms with Crippen molar-refractivity contribution in [2.24, 2.45) is 5.41 Å². The molecule has 0 saturated carbocycles. The molecule has 0 atom stereocenters. The molecule has 0 aromatic rings. The van der Waals surface area contributed by atoms with Crippen LogP contribution in [0, 0.1) is 5.41 Å². The molecule has 0 spiro atoms. The van der Waals surface area contributed by atoms with Crippen molar-refractivity contribution in [3.05, 3.63) is 0 Å². The Hall–Kier alpha value is -1.24. The number of esters is 1. The summed E-state index contributed by atoms with van der Waals surface area (Å²) in [6.07, 6.45) is 0.589. The number of piperidine rings is 1. The number of thioether (sulfide) groups is 1. The Morgan fingerprint density at radius 3 is 2.17 bits per heavy atom. The van der Waals surface area contributed by atoms with Crippen LogP contribution >= 0.6 is 11.8 Å². The minimum Gasteiger partial charge on any atom is -0.466 e. The van der Waals surface area contributed by atoms with Gasteiger partial charge in [-0.25, -0.2) is 4.79 Å². The maximum atomic E-state index is 12.4. The number of ether oxygens (including phenoxy) is 2. The van der Waals surface area contributed by atoms with E-state index in [9.17, 15) is 14.4 Å². The predicted molar refractivity (Wildman–Crippen MR) is 89.2 cm³/mol. The van der Waals surface area contributed by atoms with Crippen molar-refractivity contribution in [1.82, 2.24) is 4.90 Å². The van der Waals surface area contributed by atoms with E-state index in [0.29, 0.717) is 38.3 Å². The second-order valence-corrected chi connectivity index (χ2v) is 7.90. The van der Waals surface area contributed by atoms with Crippen molar-refractivity contribution in [3.63, 3.8) is 0 Å². The van der Waals surface area contributed by atoms with Gasteiger partial charge in [0.15, 0.2) is 5.12 Å². The third-order valence-corrected chi connectivity index (χ3v) is 4.74. The molecule has 1 fully saturated rings. The third-order valence-electron chi connectivity index (χ3n) is 3.63. The normalized spacial score (nSPS) is 17.5. The number of carbonyl (C=O) groups excluding carboxylic acids is 3. The highest BCUT2D eigenvalue weighted by Crippen LogP contribution is 2.37. The van der Waals surface area contributed by atoms with E-state index in [0.717, 1.165) is 11.8 Å². The number of likely N-dealkylation sites (tertiary alicyclic amines) is 1. The predicted octanol–water partition coefficient (Wildman–Crippen LogP) is 2.85. The molecular formula is C16H27NO5S. The van der Waals surface area contributed by atoms with Crippen LogP contribution < -0.4 is 0 Å². The summed E-state index contributed by atoms with van der Waals surface area (Å²) in [5.41, 5.74) is -1.25. The maximum Gasteiger partial charge on any atom is 0.410 e. The van der Waals surface area contributed by atoms with E-state index in [2.05, 4.69) is 0 Å². The van der Waals surface area contributed by atoms with E-state index in [1.54, 1.807) is 11.8 Å². The lowest BCUT2D eigenvalue weighted by atomic mass is 9.80. The topological polar surface area (TPSA) is 72.9 Å². The first-order valence-electron chi connectivity index (χ1n) is 7.88. The van der Waals surface area contributed by atoms with Crippen LogP contribution in [0.3, 0.4) is 0 Å². The highest BCUT2D eigenvalue weighted by Gasteiger charge is 2.44. The van der Waals surface area contributed by atoms with E-state index in [1.807, 2.05) is 20.8 Å². The first kappa shape index (κ1) is 19.8. The number of hydrogen-bond donors (Lipinski definition) is 0. The Balaban J connectivity index is 2.73. The van der Waals surface area contributed by atoms with Gasteiger partial charge in [0.1, 0.15) is 5.60 Å². The molecule has 7 heteroatoms. The van der Waals surface area contributed by atoms with Crippen molar-refractivity contribution in [1.29, 1.82) is 0 Å². The zero-order valence-corrected chi connectivity index (χ0v) is 15.5. The van der Waals surface area contributed by atoms with Crippen LogP contribution in [0.4, 0.5) is 4.79 Å². The maximum absolute atomic E-state index is 12.4. The molecule has 1 aliphatic heterocycles. The minimum absolute atomic E-state index is 0.0248. The summed E-state index contributed by atoms with van der Waals surface area (Å²) < 4.78 is 10.6. The molecule has 0 N–H and O–H groups in total. The SMILES string of the molecule is CCOC(=O)C1(CSC(C)=O)CCN(C(=O)OC(C)(C)C)CC1. The van der Waals surface area contributed by atoms with E-state index in [1.165, 1.54) is 6.92 Å². The summed E-state index contributed by atoms with van der Waals surface area (Å²) in [5, 5.41) is -0.0248. The molecule has 6 nitrogen and oxygen atoms in total. The molecule has 1 saturated heterocycles. The van der Waals surface area contributed by atoms with Crippen LogP contribution in [0.2, 0.25) is 0 Å². The van der Waals surface area contributed by atoms with E-state index in [4.69, 9.17) is 9.47 Å². The summed E-state index contributed by atoms with van der Waals surface area (Å²) in [6, 6.07) is 0. The highest BCUT2D eigenvalue weighted by molar-refractivity contribution is 8.13.